The first-order valence-electron chi connectivity index (χ1n) is 12.9. The Morgan fingerprint density at radius 2 is 1.54 bits per heavy atom. The molecule has 2 atom stereocenters. The quantitative estimate of drug-likeness (QED) is 0.302. The number of nitrogens with one attached hydrogen (secondary N) is 1. The van der Waals surface area contributed by atoms with Crippen LogP contribution >= 0.6 is 11.8 Å². The molecule has 0 spiro atoms. The number of benzene rings is 3. The molecule has 9 heteroatoms. The average molecular weight is 568 g/mol. The van der Waals surface area contributed by atoms with Gasteiger partial charge in [0, 0.05) is 17.5 Å². The molecule has 0 aliphatic heterocycles. The van der Waals surface area contributed by atoms with Crippen LogP contribution < -0.4 is 9.62 Å². The summed E-state index contributed by atoms with van der Waals surface area (Å²) in [5.74, 6) is -0.762. The predicted octanol–water partition coefficient (Wildman–Crippen LogP) is 5.24. The molecule has 2 amide bonds. The van der Waals surface area contributed by atoms with Crippen molar-refractivity contribution in [1.29, 1.82) is 0 Å². The lowest BCUT2D eigenvalue weighted by Crippen LogP contribution is -2.52. The third-order valence-electron chi connectivity index (χ3n) is 6.61. The Hall–Kier alpha value is -3.30. The molecule has 0 saturated heterocycles. The summed E-state index contributed by atoms with van der Waals surface area (Å²) in [6.07, 6.45) is 2.67. The number of aryl methyl sites for hydroxylation is 1. The third-order valence-corrected chi connectivity index (χ3v) is 9.14. The maximum atomic E-state index is 13.9. The van der Waals surface area contributed by atoms with Crippen LogP contribution in [0.15, 0.2) is 88.7 Å². The number of hydrogen-bond acceptors (Lipinski definition) is 5. The van der Waals surface area contributed by atoms with Crippen molar-refractivity contribution in [3.63, 3.8) is 0 Å². The number of thioether (sulfide) groups is 1. The van der Waals surface area contributed by atoms with Gasteiger partial charge in [0.25, 0.3) is 10.0 Å². The van der Waals surface area contributed by atoms with Gasteiger partial charge in [0.2, 0.25) is 11.8 Å². The molecule has 0 fully saturated rings. The lowest BCUT2D eigenvalue weighted by Gasteiger charge is -2.32. The average Bonchev–Trinajstić information content (AvgIpc) is 2.95. The summed E-state index contributed by atoms with van der Waals surface area (Å²) in [5, 5.41) is 2.94. The van der Waals surface area contributed by atoms with Crippen molar-refractivity contribution in [1.82, 2.24) is 10.2 Å². The number of amides is 2. The molecule has 0 aliphatic rings. The van der Waals surface area contributed by atoms with Gasteiger partial charge in [-0.05, 0) is 75.4 Å². The highest BCUT2D eigenvalue weighted by Gasteiger charge is 2.32. The van der Waals surface area contributed by atoms with E-state index in [1.807, 2.05) is 69.5 Å². The highest BCUT2D eigenvalue weighted by molar-refractivity contribution is 7.98. The Bertz CT molecular complexity index is 1350. The maximum Gasteiger partial charge on any atom is 0.264 e. The molecule has 3 rings (SSSR count). The van der Waals surface area contributed by atoms with Gasteiger partial charge in [0.1, 0.15) is 12.6 Å². The van der Waals surface area contributed by atoms with Gasteiger partial charge < -0.3 is 10.2 Å². The van der Waals surface area contributed by atoms with Crippen molar-refractivity contribution in [3.05, 3.63) is 90.0 Å². The zero-order valence-corrected chi connectivity index (χ0v) is 24.8. The van der Waals surface area contributed by atoms with Crippen LogP contribution in [-0.4, -0.2) is 50.0 Å². The van der Waals surface area contributed by atoms with Crippen LogP contribution in [0.25, 0.3) is 0 Å². The molecule has 0 radical (unpaired) electrons. The van der Waals surface area contributed by atoms with Crippen molar-refractivity contribution < 1.29 is 18.0 Å². The van der Waals surface area contributed by atoms with Crippen molar-refractivity contribution >= 4 is 39.3 Å². The minimum atomic E-state index is -4.09. The van der Waals surface area contributed by atoms with Gasteiger partial charge in [-0.3, -0.25) is 13.9 Å². The Balaban J connectivity index is 2.00. The summed E-state index contributed by atoms with van der Waals surface area (Å²) in [7, 11) is -4.09. The Kier molecular flexibility index (Phi) is 10.6. The second kappa shape index (κ2) is 13.7. The molecule has 0 aliphatic carbocycles. The van der Waals surface area contributed by atoms with E-state index in [1.54, 1.807) is 43.3 Å². The Morgan fingerprint density at radius 3 is 2.10 bits per heavy atom. The van der Waals surface area contributed by atoms with Gasteiger partial charge in [0.05, 0.1) is 10.6 Å². The summed E-state index contributed by atoms with van der Waals surface area (Å²) >= 11 is 1.51. The molecule has 39 heavy (non-hydrogen) atoms. The minimum Gasteiger partial charge on any atom is -0.352 e. The Labute approximate surface area is 236 Å². The van der Waals surface area contributed by atoms with Crippen LogP contribution in [0.4, 0.5) is 5.69 Å². The molecular formula is C30H37N3O4S2. The fourth-order valence-corrected chi connectivity index (χ4v) is 5.77. The molecule has 1 N–H and O–H groups in total. The predicted molar refractivity (Wildman–Crippen MR) is 158 cm³/mol. The minimum absolute atomic E-state index is 0.0534. The monoisotopic (exact) mass is 567 g/mol. The van der Waals surface area contributed by atoms with E-state index in [9.17, 15) is 18.0 Å². The topological polar surface area (TPSA) is 86.8 Å². The van der Waals surface area contributed by atoms with E-state index in [2.05, 4.69) is 5.32 Å². The summed E-state index contributed by atoms with van der Waals surface area (Å²) in [5.41, 5.74) is 2.18. The van der Waals surface area contributed by atoms with Crippen LogP contribution in [-0.2, 0) is 26.2 Å². The highest BCUT2D eigenvalue weighted by atomic mass is 32.2. The molecule has 3 aromatic carbocycles. The molecular weight excluding hydrogens is 530 g/mol. The number of anilines is 1. The van der Waals surface area contributed by atoms with E-state index in [4.69, 9.17) is 0 Å². The van der Waals surface area contributed by atoms with Crippen LogP contribution in [0.1, 0.15) is 38.3 Å². The number of sulfonamides is 1. The molecule has 0 aromatic heterocycles. The van der Waals surface area contributed by atoms with Crippen molar-refractivity contribution in [2.45, 2.75) is 62.5 Å². The van der Waals surface area contributed by atoms with Gasteiger partial charge in [0.15, 0.2) is 0 Å². The van der Waals surface area contributed by atoms with Gasteiger partial charge in [-0.1, -0.05) is 55.0 Å². The van der Waals surface area contributed by atoms with Crippen LogP contribution in [0.2, 0.25) is 0 Å². The fraction of sp³-hybridized carbons (Fsp3) is 0.333. The summed E-state index contributed by atoms with van der Waals surface area (Å²) in [6.45, 7) is 7.17. The SMILES string of the molecule is CCC(C)NC(=O)C(C)N(Cc1ccccc1)C(=O)CN(c1ccc(C)cc1)S(=O)(=O)c1ccc(SC)cc1. The third kappa shape index (κ3) is 7.86. The van der Waals surface area contributed by atoms with Crippen molar-refractivity contribution in [3.8, 4) is 0 Å². The number of carbonyl (C=O) groups excluding carboxylic acids is 2. The van der Waals surface area contributed by atoms with E-state index in [1.165, 1.54) is 16.7 Å². The normalized spacial score (nSPS) is 12.8. The van der Waals surface area contributed by atoms with Gasteiger partial charge in [-0.2, -0.15) is 0 Å². The standard InChI is InChI=1S/C30H37N3O4S2/c1-6-23(3)31-30(35)24(4)32(20-25-10-8-7-9-11-25)29(34)21-33(26-14-12-22(2)13-15-26)39(36,37)28-18-16-27(38-5)17-19-28/h7-19,23-24H,6,20-21H2,1-5H3,(H,31,35). The number of nitrogens with zero attached hydrogens (tertiary/aromatic N) is 2. The first kappa shape index (κ1) is 30.2. The maximum absolute atomic E-state index is 13.9. The molecule has 2 unspecified atom stereocenters. The Morgan fingerprint density at radius 1 is 0.923 bits per heavy atom. The zero-order valence-electron chi connectivity index (χ0n) is 23.1. The van der Waals surface area contributed by atoms with Crippen LogP contribution in [0, 0.1) is 6.92 Å². The lowest BCUT2D eigenvalue weighted by molar-refractivity contribution is -0.139. The first-order valence-corrected chi connectivity index (χ1v) is 15.6. The van der Waals surface area contributed by atoms with E-state index in [-0.39, 0.29) is 23.4 Å². The van der Waals surface area contributed by atoms with Gasteiger partial charge in [-0.15, -0.1) is 11.8 Å². The molecule has 208 valence electrons. The zero-order chi connectivity index (χ0) is 28.6. The van der Waals surface area contributed by atoms with Gasteiger partial charge in [-0.25, -0.2) is 8.42 Å². The summed E-state index contributed by atoms with van der Waals surface area (Å²) in [4.78, 5) is 29.5. The second-order valence-corrected chi connectivity index (χ2v) is 12.3. The largest absolute Gasteiger partial charge is 0.352 e. The van der Waals surface area contributed by atoms with E-state index in [0.717, 1.165) is 26.7 Å². The van der Waals surface area contributed by atoms with E-state index >= 15 is 0 Å². The van der Waals surface area contributed by atoms with Crippen molar-refractivity contribution in [2.75, 3.05) is 17.1 Å². The molecule has 0 saturated carbocycles. The highest BCUT2D eigenvalue weighted by Crippen LogP contribution is 2.26. The first-order chi connectivity index (χ1) is 18.6. The van der Waals surface area contributed by atoms with Crippen LogP contribution in [0.5, 0.6) is 0 Å². The lowest BCUT2D eigenvalue weighted by atomic mass is 10.1. The molecule has 7 nitrogen and oxygen atoms in total. The van der Waals surface area contributed by atoms with Crippen molar-refractivity contribution in [2.24, 2.45) is 0 Å². The summed E-state index contributed by atoms with van der Waals surface area (Å²) in [6, 6.07) is 22.1. The number of rotatable bonds is 12. The summed E-state index contributed by atoms with van der Waals surface area (Å²) < 4.78 is 28.9. The van der Waals surface area contributed by atoms with Gasteiger partial charge >= 0.3 is 0 Å². The fourth-order valence-electron chi connectivity index (χ4n) is 3.94. The molecule has 0 bridgehead atoms. The van der Waals surface area contributed by atoms with E-state index < -0.39 is 28.5 Å². The molecule has 3 aromatic rings. The number of carbonyl (C=O) groups is 2. The smallest absolute Gasteiger partial charge is 0.264 e. The number of hydrogen-bond donors (Lipinski definition) is 1. The molecule has 0 heterocycles. The van der Waals surface area contributed by atoms with Crippen LogP contribution in [0.3, 0.4) is 0 Å². The second-order valence-electron chi connectivity index (χ2n) is 9.52. The van der Waals surface area contributed by atoms with E-state index in [0.29, 0.717) is 5.69 Å².